The summed E-state index contributed by atoms with van der Waals surface area (Å²) in [6.45, 7) is 2.20. The van der Waals surface area contributed by atoms with Crippen LogP contribution in [-0.4, -0.2) is 32.5 Å². The molecule has 27 heavy (non-hydrogen) atoms. The molecule has 3 aromatic rings. The molecular weight excluding hydrogens is 353 g/mol. The number of aryl methyl sites for hydroxylation is 1. The molecule has 1 saturated heterocycles. The highest BCUT2D eigenvalue weighted by Crippen LogP contribution is 2.38. The Balaban J connectivity index is 1.46. The van der Waals surface area contributed by atoms with Crippen LogP contribution < -0.4 is 0 Å². The van der Waals surface area contributed by atoms with Crippen molar-refractivity contribution in [2.45, 2.75) is 31.5 Å². The van der Waals surface area contributed by atoms with Gasteiger partial charge in [0.1, 0.15) is 11.3 Å². The average molecular weight is 374 g/mol. The number of rotatable bonds is 3. The van der Waals surface area contributed by atoms with Crippen LogP contribution in [0.4, 0.5) is 13.2 Å². The molecule has 4 nitrogen and oxygen atoms in total. The Hall–Kier alpha value is -2.41. The fraction of sp³-hybridized carbons (Fsp3) is 0.400. The van der Waals surface area contributed by atoms with E-state index in [0.717, 1.165) is 42.9 Å². The topological polar surface area (TPSA) is 34.0 Å². The first-order valence-corrected chi connectivity index (χ1v) is 9.08. The zero-order chi connectivity index (χ0) is 19.0. The van der Waals surface area contributed by atoms with Crippen molar-refractivity contribution in [1.29, 1.82) is 0 Å². The van der Waals surface area contributed by atoms with Crippen molar-refractivity contribution in [1.82, 2.24) is 19.4 Å². The van der Waals surface area contributed by atoms with Gasteiger partial charge in [-0.3, -0.25) is 4.90 Å². The number of hydrogen-bond acceptors (Lipinski definition) is 3. The minimum absolute atomic E-state index is 0.0545. The van der Waals surface area contributed by atoms with Crippen molar-refractivity contribution in [3.8, 4) is 0 Å². The summed E-state index contributed by atoms with van der Waals surface area (Å²) in [5.74, 6) is 0.874. The van der Waals surface area contributed by atoms with E-state index in [0.29, 0.717) is 12.1 Å². The summed E-state index contributed by atoms with van der Waals surface area (Å²) >= 11 is 0. The molecule has 0 spiro atoms. The van der Waals surface area contributed by atoms with Crippen LogP contribution in [0.3, 0.4) is 0 Å². The van der Waals surface area contributed by atoms with E-state index >= 15 is 0 Å². The second-order valence-electron chi connectivity index (χ2n) is 7.07. The lowest BCUT2D eigenvalue weighted by atomic mass is 9.86. The zero-order valence-electron chi connectivity index (χ0n) is 15.1. The number of likely N-dealkylation sites (tertiary alicyclic amines) is 1. The minimum Gasteiger partial charge on any atom is -0.315 e. The van der Waals surface area contributed by atoms with Crippen LogP contribution in [0.5, 0.6) is 0 Å². The molecule has 1 aliphatic heterocycles. The maximum Gasteiger partial charge on any atom is 0.416 e. The van der Waals surface area contributed by atoms with E-state index in [1.165, 1.54) is 12.1 Å². The number of piperidine rings is 1. The summed E-state index contributed by atoms with van der Waals surface area (Å²) in [6.07, 6.45) is -1.12. The number of pyridine rings is 1. The minimum atomic E-state index is -4.30. The second-order valence-corrected chi connectivity index (χ2v) is 7.07. The normalized spacial score (nSPS) is 16.9. The highest BCUT2D eigenvalue weighted by molar-refractivity contribution is 5.70. The van der Waals surface area contributed by atoms with E-state index < -0.39 is 11.7 Å². The summed E-state index contributed by atoms with van der Waals surface area (Å²) in [7, 11) is 1.95. The van der Waals surface area contributed by atoms with Crippen molar-refractivity contribution >= 4 is 11.2 Å². The molecule has 1 aromatic carbocycles. The largest absolute Gasteiger partial charge is 0.416 e. The molecule has 2 aromatic heterocycles. The van der Waals surface area contributed by atoms with E-state index in [9.17, 15) is 13.2 Å². The second kappa shape index (κ2) is 6.96. The molecule has 1 fully saturated rings. The van der Waals surface area contributed by atoms with Gasteiger partial charge >= 0.3 is 6.18 Å². The van der Waals surface area contributed by atoms with E-state index in [1.807, 2.05) is 23.7 Å². The smallest absolute Gasteiger partial charge is 0.315 e. The number of imidazole rings is 1. The van der Waals surface area contributed by atoms with Crippen LogP contribution in [0.15, 0.2) is 42.6 Å². The molecule has 0 N–H and O–H groups in total. The molecule has 7 heteroatoms. The van der Waals surface area contributed by atoms with Gasteiger partial charge in [0.2, 0.25) is 0 Å². The number of benzene rings is 1. The van der Waals surface area contributed by atoms with E-state index in [1.54, 1.807) is 18.3 Å². The summed E-state index contributed by atoms with van der Waals surface area (Å²) in [5.41, 5.74) is 1.65. The monoisotopic (exact) mass is 374 g/mol. The highest BCUT2D eigenvalue weighted by atomic mass is 19.4. The number of alkyl halides is 3. The maximum absolute atomic E-state index is 13.3. The van der Waals surface area contributed by atoms with Gasteiger partial charge in [-0.25, -0.2) is 9.97 Å². The summed E-state index contributed by atoms with van der Waals surface area (Å²) in [4.78, 5) is 11.3. The highest BCUT2D eigenvalue weighted by Gasteiger charge is 2.35. The Labute approximate surface area is 155 Å². The third-order valence-electron chi connectivity index (χ3n) is 5.38. The standard InChI is InChI=1S/C20H21F3N4/c1-26-18(25-17-7-4-10-24-19(17)26)13-27-11-8-14(9-12-27)15-5-2-3-6-16(15)20(21,22)23/h2-7,10,14H,8-9,11-13H2,1H3. The predicted molar refractivity (Wildman–Crippen MR) is 97.2 cm³/mol. The molecule has 142 valence electrons. The number of halogens is 3. The van der Waals surface area contributed by atoms with Gasteiger partial charge in [0, 0.05) is 13.2 Å². The number of fused-ring (bicyclic) bond motifs is 1. The summed E-state index contributed by atoms with van der Waals surface area (Å²) in [6, 6.07) is 9.77. The molecule has 0 amide bonds. The van der Waals surface area contributed by atoms with Crippen LogP contribution >= 0.6 is 0 Å². The molecule has 1 aliphatic rings. The number of nitrogens with zero attached hydrogens (tertiary/aromatic N) is 4. The lowest BCUT2D eigenvalue weighted by Gasteiger charge is -2.33. The Bertz CT molecular complexity index is 940. The van der Waals surface area contributed by atoms with Gasteiger partial charge in [0.25, 0.3) is 0 Å². The number of aromatic nitrogens is 3. The van der Waals surface area contributed by atoms with Gasteiger partial charge in [0.15, 0.2) is 5.65 Å². The lowest BCUT2D eigenvalue weighted by Crippen LogP contribution is -2.33. The van der Waals surface area contributed by atoms with Crippen LogP contribution in [-0.2, 0) is 19.8 Å². The quantitative estimate of drug-likeness (QED) is 0.683. The van der Waals surface area contributed by atoms with Crippen LogP contribution in [0, 0.1) is 0 Å². The summed E-state index contributed by atoms with van der Waals surface area (Å²) in [5, 5.41) is 0. The van der Waals surface area contributed by atoms with Gasteiger partial charge in [0.05, 0.1) is 12.1 Å². The van der Waals surface area contributed by atoms with Gasteiger partial charge in [-0.1, -0.05) is 18.2 Å². The van der Waals surface area contributed by atoms with E-state index in [4.69, 9.17) is 0 Å². The molecule has 0 aliphatic carbocycles. The molecule has 0 bridgehead atoms. The first-order valence-electron chi connectivity index (χ1n) is 9.08. The van der Waals surface area contributed by atoms with Gasteiger partial charge < -0.3 is 4.57 Å². The van der Waals surface area contributed by atoms with Gasteiger partial charge in [-0.05, 0) is 55.6 Å². The third-order valence-corrected chi connectivity index (χ3v) is 5.38. The molecule has 3 heterocycles. The molecule has 0 radical (unpaired) electrons. The van der Waals surface area contributed by atoms with Crippen molar-refractivity contribution in [2.75, 3.05) is 13.1 Å². The SMILES string of the molecule is Cn1c(CN2CCC(c3ccccc3C(F)(F)F)CC2)nc2cccnc21. The van der Waals surface area contributed by atoms with Crippen molar-refractivity contribution in [2.24, 2.45) is 7.05 Å². The molecular formula is C20H21F3N4. The predicted octanol–water partition coefficient (Wildman–Crippen LogP) is 4.37. The number of hydrogen-bond donors (Lipinski definition) is 0. The maximum atomic E-state index is 13.3. The van der Waals surface area contributed by atoms with E-state index in [-0.39, 0.29) is 5.92 Å². The average Bonchev–Trinajstić information content (AvgIpc) is 2.98. The van der Waals surface area contributed by atoms with Crippen molar-refractivity contribution in [3.63, 3.8) is 0 Å². The van der Waals surface area contributed by atoms with Gasteiger partial charge in [-0.2, -0.15) is 13.2 Å². The van der Waals surface area contributed by atoms with Crippen LogP contribution in [0.25, 0.3) is 11.2 Å². The van der Waals surface area contributed by atoms with Crippen LogP contribution in [0.2, 0.25) is 0 Å². The first-order chi connectivity index (χ1) is 12.9. The molecule has 0 atom stereocenters. The fourth-order valence-electron chi connectivity index (χ4n) is 3.93. The fourth-order valence-corrected chi connectivity index (χ4v) is 3.93. The van der Waals surface area contributed by atoms with Crippen molar-refractivity contribution in [3.05, 3.63) is 59.5 Å². The molecule has 0 unspecified atom stereocenters. The Morgan fingerprint density at radius 3 is 2.52 bits per heavy atom. The molecule has 0 saturated carbocycles. The summed E-state index contributed by atoms with van der Waals surface area (Å²) < 4.78 is 41.8. The van der Waals surface area contributed by atoms with Crippen LogP contribution in [0.1, 0.15) is 35.7 Å². The van der Waals surface area contributed by atoms with Crippen molar-refractivity contribution < 1.29 is 13.2 Å². The zero-order valence-corrected chi connectivity index (χ0v) is 15.1. The van der Waals surface area contributed by atoms with E-state index in [2.05, 4.69) is 14.9 Å². The molecule has 4 rings (SSSR count). The lowest BCUT2D eigenvalue weighted by molar-refractivity contribution is -0.138. The Kier molecular flexibility index (Phi) is 4.63. The Morgan fingerprint density at radius 2 is 1.81 bits per heavy atom. The third kappa shape index (κ3) is 3.56. The Morgan fingerprint density at radius 1 is 1.07 bits per heavy atom. The first kappa shape index (κ1) is 18.0. The van der Waals surface area contributed by atoms with Gasteiger partial charge in [-0.15, -0.1) is 0 Å².